The number of aliphatic hydroxyl groups excluding tert-OH is 1. The molecule has 0 saturated heterocycles. The van der Waals surface area contributed by atoms with Gasteiger partial charge < -0.3 is 16.2 Å². The van der Waals surface area contributed by atoms with Gasteiger partial charge in [-0.25, -0.2) is 0 Å². The first-order valence-electron chi connectivity index (χ1n) is 5.25. The van der Waals surface area contributed by atoms with Crippen LogP contribution < -0.4 is 11.1 Å². The van der Waals surface area contributed by atoms with Crippen molar-refractivity contribution < 1.29 is 9.90 Å². The van der Waals surface area contributed by atoms with Gasteiger partial charge in [0.15, 0.2) is 0 Å². The van der Waals surface area contributed by atoms with Gasteiger partial charge in [0.1, 0.15) is 0 Å². The van der Waals surface area contributed by atoms with Crippen LogP contribution in [-0.2, 0) is 4.79 Å². The highest BCUT2D eigenvalue weighted by molar-refractivity contribution is 5.80. The van der Waals surface area contributed by atoms with Crippen LogP contribution in [0, 0.1) is 5.92 Å². The maximum absolute atomic E-state index is 11.1. The molecule has 0 aromatic heterocycles. The van der Waals surface area contributed by atoms with Gasteiger partial charge in [-0.3, -0.25) is 4.79 Å². The molecule has 0 radical (unpaired) electrons. The molecule has 1 aliphatic rings. The van der Waals surface area contributed by atoms with Gasteiger partial charge in [-0.2, -0.15) is 0 Å². The number of primary amides is 1. The van der Waals surface area contributed by atoms with Gasteiger partial charge >= 0.3 is 0 Å². The van der Waals surface area contributed by atoms with E-state index in [0.29, 0.717) is 0 Å². The Hall–Kier alpha value is -0.610. The molecule has 14 heavy (non-hydrogen) atoms. The summed E-state index contributed by atoms with van der Waals surface area (Å²) in [6, 6.07) is -0.289. The Morgan fingerprint density at radius 2 is 2.14 bits per heavy atom. The van der Waals surface area contributed by atoms with Crippen LogP contribution >= 0.6 is 0 Å². The van der Waals surface area contributed by atoms with E-state index < -0.39 is 0 Å². The van der Waals surface area contributed by atoms with E-state index in [0.717, 1.165) is 19.3 Å². The number of nitrogens with two attached hydrogens (primary N) is 1. The van der Waals surface area contributed by atoms with E-state index in [4.69, 9.17) is 5.73 Å². The van der Waals surface area contributed by atoms with Gasteiger partial charge in [-0.05, 0) is 25.2 Å². The second kappa shape index (κ2) is 4.75. The van der Waals surface area contributed by atoms with E-state index in [-0.39, 0.29) is 30.0 Å². The normalized spacial score (nSPS) is 29.4. The van der Waals surface area contributed by atoms with Gasteiger partial charge in [0.2, 0.25) is 5.91 Å². The summed E-state index contributed by atoms with van der Waals surface area (Å²) < 4.78 is 0. The molecule has 3 unspecified atom stereocenters. The Morgan fingerprint density at radius 3 is 2.50 bits per heavy atom. The van der Waals surface area contributed by atoms with E-state index in [1.165, 1.54) is 0 Å². The zero-order chi connectivity index (χ0) is 10.7. The molecule has 0 bridgehead atoms. The molecule has 0 heterocycles. The molecule has 4 nitrogen and oxygen atoms in total. The Balaban J connectivity index is 2.50. The quantitative estimate of drug-likeness (QED) is 0.598. The van der Waals surface area contributed by atoms with Crippen LogP contribution in [0.25, 0.3) is 0 Å². The standard InChI is InChI=1S/C10H20N2O2/c1-6(2)9(10(11)14)12-7-4-3-5-8(7)13/h6-9,12-13H,3-5H2,1-2H3,(H2,11,14). The molecule has 3 atom stereocenters. The van der Waals surface area contributed by atoms with Crippen molar-refractivity contribution >= 4 is 5.91 Å². The largest absolute Gasteiger partial charge is 0.392 e. The predicted octanol–water partition coefficient (Wildman–Crippen LogP) is -0.000700. The summed E-state index contributed by atoms with van der Waals surface area (Å²) in [7, 11) is 0. The van der Waals surface area contributed by atoms with Gasteiger partial charge in [0.05, 0.1) is 12.1 Å². The van der Waals surface area contributed by atoms with Crippen LogP contribution in [0.15, 0.2) is 0 Å². The molecule has 1 fully saturated rings. The summed E-state index contributed by atoms with van der Waals surface area (Å²) in [4.78, 5) is 11.1. The van der Waals surface area contributed by atoms with Crippen LogP contribution in [0.4, 0.5) is 0 Å². The lowest BCUT2D eigenvalue weighted by Gasteiger charge is -2.25. The van der Waals surface area contributed by atoms with E-state index in [1.54, 1.807) is 0 Å². The lowest BCUT2D eigenvalue weighted by atomic mass is 10.0. The van der Waals surface area contributed by atoms with Crippen molar-refractivity contribution in [1.29, 1.82) is 0 Å². The molecule has 1 amide bonds. The minimum absolute atomic E-state index is 0.0369. The van der Waals surface area contributed by atoms with Gasteiger partial charge in [-0.1, -0.05) is 13.8 Å². The lowest BCUT2D eigenvalue weighted by Crippen LogP contribution is -2.51. The maximum Gasteiger partial charge on any atom is 0.234 e. The third-order valence-corrected chi connectivity index (χ3v) is 2.85. The lowest BCUT2D eigenvalue weighted by molar-refractivity contribution is -0.121. The molecule has 1 aliphatic carbocycles. The van der Waals surface area contributed by atoms with Crippen molar-refractivity contribution in [3.05, 3.63) is 0 Å². The number of rotatable bonds is 4. The molecule has 0 aromatic carbocycles. The number of hydrogen-bond acceptors (Lipinski definition) is 3. The van der Waals surface area contributed by atoms with E-state index in [1.807, 2.05) is 13.8 Å². The van der Waals surface area contributed by atoms with Crippen molar-refractivity contribution in [2.75, 3.05) is 0 Å². The highest BCUT2D eigenvalue weighted by Gasteiger charge is 2.30. The van der Waals surface area contributed by atoms with Crippen LogP contribution in [0.1, 0.15) is 33.1 Å². The number of aliphatic hydroxyl groups is 1. The smallest absolute Gasteiger partial charge is 0.234 e. The van der Waals surface area contributed by atoms with Crippen LogP contribution in [0.3, 0.4) is 0 Å². The van der Waals surface area contributed by atoms with Crippen LogP contribution in [0.2, 0.25) is 0 Å². The monoisotopic (exact) mass is 200 g/mol. The molecule has 4 N–H and O–H groups in total. The number of carbonyl (C=O) groups excluding carboxylic acids is 1. The molecule has 1 rings (SSSR count). The number of nitrogens with one attached hydrogen (secondary N) is 1. The summed E-state index contributed by atoms with van der Waals surface area (Å²) in [6.07, 6.45) is 2.44. The van der Waals surface area contributed by atoms with Crippen molar-refractivity contribution in [2.24, 2.45) is 11.7 Å². The Morgan fingerprint density at radius 1 is 1.50 bits per heavy atom. The van der Waals surface area contributed by atoms with Gasteiger partial charge in [0.25, 0.3) is 0 Å². The number of carbonyl (C=O) groups is 1. The molecule has 1 saturated carbocycles. The van der Waals surface area contributed by atoms with E-state index in [2.05, 4.69) is 5.32 Å². The second-order valence-corrected chi connectivity index (χ2v) is 4.40. The summed E-state index contributed by atoms with van der Waals surface area (Å²) in [5.41, 5.74) is 5.28. The van der Waals surface area contributed by atoms with Crippen molar-refractivity contribution in [2.45, 2.75) is 51.3 Å². The summed E-state index contributed by atoms with van der Waals surface area (Å²) in [5, 5.41) is 12.7. The fourth-order valence-electron chi connectivity index (χ4n) is 1.97. The minimum Gasteiger partial charge on any atom is -0.392 e. The SMILES string of the molecule is CC(C)C(NC1CCCC1O)C(N)=O. The molecule has 82 valence electrons. The highest BCUT2D eigenvalue weighted by Crippen LogP contribution is 2.20. The molecule has 0 aliphatic heterocycles. The summed E-state index contributed by atoms with van der Waals surface area (Å²) >= 11 is 0. The average Bonchev–Trinajstić information content (AvgIpc) is 2.46. The van der Waals surface area contributed by atoms with E-state index >= 15 is 0 Å². The van der Waals surface area contributed by atoms with E-state index in [9.17, 15) is 9.90 Å². The Bertz CT molecular complexity index is 206. The molecule has 4 heteroatoms. The van der Waals surface area contributed by atoms with Gasteiger partial charge in [-0.15, -0.1) is 0 Å². The first-order valence-corrected chi connectivity index (χ1v) is 5.25. The topological polar surface area (TPSA) is 75.3 Å². The van der Waals surface area contributed by atoms with Gasteiger partial charge in [0, 0.05) is 6.04 Å². The molecule has 0 aromatic rings. The van der Waals surface area contributed by atoms with Crippen LogP contribution in [-0.4, -0.2) is 29.2 Å². The first kappa shape index (κ1) is 11.5. The first-order chi connectivity index (χ1) is 6.52. The number of hydrogen-bond donors (Lipinski definition) is 3. The molecular weight excluding hydrogens is 180 g/mol. The molecule has 0 spiro atoms. The predicted molar refractivity (Wildman–Crippen MR) is 54.6 cm³/mol. The summed E-state index contributed by atoms with van der Waals surface area (Å²) in [5.74, 6) is -0.167. The Labute approximate surface area is 84.9 Å². The third-order valence-electron chi connectivity index (χ3n) is 2.85. The summed E-state index contributed by atoms with van der Waals surface area (Å²) in [6.45, 7) is 3.90. The second-order valence-electron chi connectivity index (χ2n) is 4.40. The average molecular weight is 200 g/mol. The highest BCUT2D eigenvalue weighted by atomic mass is 16.3. The zero-order valence-electron chi connectivity index (χ0n) is 8.86. The minimum atomic E-state index is -0.334. The fourth-order valence-corrected chi connectivity index (χ4v) is 1.97. The number of amides is 1. The van der Waals surface area contributed by atoms with Crippen molar-refractivity contribution in [1.82, 2.24) is 5.32 Å². The van der Waals surface area contributed by atoms with Crippen LogP contribution in [0.5, 0.6) is 0 Å². The zero-order valence-corrected chi connectivity index (χ0v) is 8.86. The maximum atomic E-state index is 11.1. The van der Waals surface area contributed by atoms with Crippen molar-refractivity contribution in [3.8, 4) is 0 Å². The third kappa shape index (κ3) is 2.69. The van der Waals surface area contributed by atoms with Crippen molar-refractivity contribution in [3.63, 3.8) is 0 Å². The molecular formula is C10H20N2O2. The Kier molecular flexibility index (Phi) is 3.89. The fraction of sp³-hybridized carbons (Fsp3) is 0.900.